The maximum atomic E-state index is 6.00. The Bertz CT molecular complexity index is 875. The molecular formula is C18H21N5O3. The largest absolute Gasteiger partial charge is 0.478 e. The van der Waals surface area contributed by atoms with E-state index in [0.717, 1.165) is 24.2 Å². The van der Waals surface area contributed by atoms with Gasteiger partial charge in [-0.15, -0.1) is 10.2 Å². The number of ether oxygens (including phenoxy) is 2. The van der Waals surface area contributed by atoms with Gasteiger partial charge in [-0.2, -0.15) is 0 Å². The summed E-state index contributed by atoms with van der Waals surface area (Å²) in [6.07, 6.45) is 7.04. The monoisotopic (exact) mass is 355 g/mol. The highest BCUT2D eigenvalue weighted by Gasteiger charge is 2.35. The molecular weight excluding hydrogens is 334 g/mol. The maximum Gasteiger partial charge on any atom is 0.248 e. The molecule has 3 aromatic heterocycles. The number of rotatable bonds is 5. The van der Waals surface area contributed by atoms with Crippen LogP contribution in [0.4, 0.5) is 0 Å². The normalized spacial score (nSPS) is 20.2. The quantitative estimate of drug-likeness (QED) is 0.695. The minimum Gasteiger partial charge on any atom is -0.478 e. The molecule has 0 N–H and O–H groups in total. The van der Waals surface area contributed by atoms with Crippen LogP contribution in [0.2, 0.25) is 0 Å². The molecule has 0 spiro atoms. The number of aryl methyl sites for hydroxylation is 1. The lowest BCUT2D eigenvalue weighted by molar-refractivity contribution is -0.0156. The summed E-state index contributed by atoms with van der Waals surface area (Å²) in [4.78, 5) is 8.60. The smallest absolute Gasteiger partial charge is 0.248 e. The van der Waals surface area contributed by atoms with Crippen molar-refractivity contribution in [3.63, 3.8) is 0 Å². The van der Waals surface area contributed by atoms with E-state index < -0.39 is 0 Å². The van der Waals surface area contributed by atoms with Crippen LogP contribution in [0.5, 0.6) is 5.88 Å². The molecule has 4 heterocycles. The highest BCUT2D eigenvalue weighted by Crippen LogP contribution is 2.40. The average molecular weight is 355 g/mol. The fourth-order valence-electron chi connectivity index (χ4n) is 3.21. The second kappa shape index (κ2) is 7.25. The van der Waals surface area contributed by atoms with Crippen LogP contribution in [0.1, 0.15) is 43.5 Å². The first kappa shape index (κ1) is 16.7. The third-order valence-electron chi connectivity index (χ3n) is 4.47. The first-order valence-corrected chi connectivity index (χ1v) is 8.77. The van der Waals surface area contributed by atoms with Crippen molar-refractivity contribution in [2.75, 3.05) is 13.2 Å². The van der Waals surface area contributed by atoms with Crippen molar-refractivity contribution in [2.24, 2.45) is 7.05 Å². The number of aromatic nitrogens is 5. The van der Waals surface area contributed by atoms with E-state index >= 15 is 0 Å². The molecule has 3 aromatic rings. The molecule has 1 aliphatic rings. The number of nitrogens with zero attached hydrogens (tertiary/aromatic N) is 5. The lowest BCUT2D eigenvalue weighted by atomic mass is 9.93. The van der Waals surface area contributed by atoms with E-state index in [-0.39, 0.29) is 12.0 Å². The Balaban J connectivity index is 1.62. The van der Waals surface area contributed by atoms with Gasteiger partial charge in [0.2, 0.25) is 17.7 Å². The lowest BCUT2D eigenvalue weighted by Gasteiger charge is -2.28. The molecule has 1 fully saturated rings. The number of hydrogen-bond acceptors (Lipinski definition) is 7. The van der Waals surface area contributed by atoms with Gasteiger partial charge in [-0.05, 0) is 25.8 Å². The maximum absolute atomic E-state index is 6.00. The van der Waals surface area contributed by atoms with Crippen molar-refractivity contribution >= 4 is 0 Å². The zero-order valence-corrected chi connectivity index (χ0v) is 14.8. The summed E-state index contributed by atoms with van der Waals surface area (Å²) < 4.78 is 19.4. The average Bonchev–Trinajstić information content (AvgIpc) is 3.31. The van der Waals surface area contributed by atoms with Crippen molar-refractivity contribution in [1.82, 2.24) is 24.7 Å². The molecule has 1 aliphatic heterocycles. The van der Waals surface area contributed by atoms with Gasteiger partial charge in [0.05, 0.1) is 12.5 Å². The first-order chi connectivity index (χ1) is 12.8. The molecule has 26 heavy (non-hydrogen) atoms. The second-order valence-corrected chi connectivity index (χ2v) is 6.20. The topological polar surface area (TPSA) is 88.1 Å². The van der Waals surface area contributed by atoms with E-state index in [1.807, 2.05) is 30.8 Å². The highest BCUT2D eigenvalue weighted by atomic mass is 16.5. The van der Waals surface area contributed by atoms with E-state index in [9.17, 15) is 0 Å². The summed E-state index contributed by atoms with van der Waals surface area (Å²) in [6, 6.07) is 3.63. The van der Waals surface area contributed by atoms with E-state index in [4.69, 9.17) is 13.9 Å². The molecule has 0 aliphatic carbocycles. The fraction of sp³-hybridized carbons (Fsp3) is 0.444. The van der Waals surface area contributed by atoms with E-state index in [0.29, 0.717) is 30.9 Å². The third-order valence-corrected chi connectivity index (χ3v) is 4.47. The van der Waals surface area contributed by atoms with Gasteiger partial charge in [-0.25, -0.2) is 9.97 Å². The van der Waals surface area contributed by atoms with E-state index in [2.05, 4.69) is 20.2 Å². The molecule has 136 valence electrons. The Morgan fingerprint density at radius 1 is 1.27 bits per heavy atom. The predicted octanol–water partition coefficient (Wildman–Crippen LogP) is 2.90. The van der Waals surface area contributed by atoms with Gasteiger partial charge in [0.15, 0.2) is 0 Å². The zero-order valence-electron chi connectivity index (χ0n) is 14.8. The third kappa shape index (κ3) is 3.20. The minimum absolute atomic E-state index is 0.0145. The summed E-state index contributed by atoms with van der Waals surface area (Å²) in [5.41, 5.74) is 0.785. The molecule has 8 nitrogen and oxygen atoms in total. The van der Waals surface area contributed by atoms with E-state index in [1.54, 1.807) is 18.5 Å². The summed E-state index contributed by atoms with van der Waals surface area (Å²) in [5.74, 6) is 2.42. The summed E-state index contributed by atoms with van der Waals surface area (Å²) in [7, 11) is 1.96. The highest BCUT2D eigenvalue weighted by molar-refractivity contribution is 5.53. The molecule has 0 radical (unpaired) electrons. The molecule has 8 heteroatoms. The Kier molecular flexibility index (Phi) is 4.66. The van der Waals surface area contributed by atoms with Gasteiger partial charge in [-0.1, -0.05) is 0 Å². The van der Waals surface area contributed by atoms with Gasteiger partial charge < -0.3 is 18.5 Å². The molecule has 4 rings (SSSR count). The van der Waals surface area contributed by atoms with Crippen LogP contribution >= 0.6 is 0 Å². The summed E-state index contributed by atoms with van der Waals surface area (Å²) in [5, 5.41) is 8.51. The Morgan fingerprint density at radius 3 is 3.00 bits per heavy atom. The van der Waals surface area contributed by atoms with Crippen LogP contribution in [0, 0.1) is 0 Å². The predicted molar refractivity (Wildman–Crippen MR) is 92.6 cm³/mol. The minimum atomic E-state index is -0.187. The van der Waals surface area contributed by atoms with Gasteiger partial charge in [0.25, 0.3) is 0 Å². The molecule has 0 unspecified atom stereocenters. The van der Waals surface area contributed by atoms with Crippen LogP contribution in [-0.4, -0.2) is 37.9 Å². The van der Waals surface area contributed by atoms with Gasteiger partial charge in [0, 0.05) is 43.9 Å². The number of imidazole rings is 1. The van der Waals surface area contributed by atoms with Crippen LogP contribution in [0.25, 0.3) is 11.5 Å². The van der Waals surface area contributed by atoms with Crippen LogP contribution in [0.15, 0.2) is 35.1 Å². The SMILES string of the molecule is CCOc1cc(-c2nnc([C@@H]3CCCO[C@H]3c3nccn3C)o2)ccn1. The second-order valence-electron chi connectivity index (χ2n) is 6.20. The van der Waals surface area contributed by atoms with Crippen LogP contribution in [0.3, 0.4) is 0 Å². The molecule has 0 aromatic carbocycles. The fourth-order valence-corrected chi connectivity index (χ4v) is 3.21. The summed E-state index contributed by atoms with van der Waals surface area (Å²) >= 11 is 0. The molecule has 0 amide bonds. The zero-order chi connectivity index (χ0) is 17.9. The van der Waals surface area contributed by atoms with Gasteiger partial charge >= 0.3 is 0 Å². The standard InChI is InChI=1S/C18H21N5O3/c1-3-24-14-11-12(6-7-19-14)17-21-22-18(26-17)13-5-4-10-25-15(13)16-20-8-9-23(16)2/h6-9,11,13,15H,3-5,10H2,1-2H3/t13-,15-/m1/s1. The molecule has 1 saturated heterocycles. The van der Waals surface area contributed by atoms with Gasteiger partial charge in [0.1, 0.15) is 11.9 Å². The van der Waals surface area contributed by atoms with Crippen molar-refractivity contribution in [2.45, 2.75) is 31.8 Å². The van der Waals surface area contributed by atoms with Crippen molar-refractivity contribution in [1.29, 1.82) is 0 Å². The van der Waals surface area contributed by atoms with Crippen LogP contribution in [-0.2, 0) is 11.8 Å². The number of pyridine rings is 1. The lowest BCUT2D eigenvalue weighted by Crippen LogP contribution is -2.23. The van der Waals surface area contributed by atoms with Crippen molar-refractivity contribution in [3.05, 3.63) is 42.4 Å². The number of hydrogen-bond donors (Lipinski definition) is 0. The summed E-state index contributed by atoms with van der Waals surface area (Å²) in [6.45, 7) is 3.17. The molecule has 0 bridgehead atoms. The van der Waals surface area contributed by atoms with Crippen LogP contribution < -0.4 is 4.74 Å². The Morgan fingerprint density at radius 2 is 2.19 bits per heavy atom. The van der Waals surface area contributed by atoms with Crippen molar-refractivity contribution < 1.29 is 13.9 Å². The first-order valence-electron chi connectivity index (χ1n) is 8.77. The Labute approximate surface area is 151 Å². The molecule has 0 saturated carbocycles. The molecule has 2 atom stereocenters. The van der Waals surface area contributed by atoms with Gasteiger partial charge in [-0.3, -0.25) is 0 Å². The van der Waals surface area contributed by atoms with E-state index in [1.165, 1.54) is 0 Å². The Hall–Kier alpha value is -2.74. The van der Waals surface area contributed by atoms with Crippen molar-refractivity contribution in [3.8, 4) is 17.3 Å².